The van der Waals surface area contributed by atoms with Crippen LogP contribution in [0.3, 0.4) is 0 Å². The van der Waals surface area contributed by atoms with Crippen LogP contribution >= 0.6 is 11.3 Å². The summed E-state index contributed by atoms with van der Waals surface area (Å²) in [6, 6.07) is 24.8. The van der Waals surface area contributed by atoms with E-state index in [9.17, 15) is 26.3 Å². The molecule has 4 aromatic carbocycles. The molecule has 7 rings (SSSR count). The van der Waals surface area contributed by atoms with E-state index in [1.54, 1.807) is 11.3 Å². The zero-order chi connectivity index (χ0) is 37.4. The number of benzene rings is 4. The Morgan fingerprint density at radius 2 is 1.38 bits per heavy atom. The lowest BCUT2D eigenvalue weighted by atomic mass is 9.67. The van der Waals surface area contributed by atoms with E-state index in [1.165, 1.54) is 16.3 Å². The van der Waals surface area contributed by atoms with E-state index in [1.807, 2.05) is 37.4 Å². The molecule has 0 saturated heterocycles. The van der Waals surface area contributed by atoms with Crippen LogP contribution in [0.5, 0.6) is 0 Å². The zero-order valence-electron chi connectivity index (χ0n) is 30.0. The molecule has 0 amide bonds. The monoisotopic (exact) mass is 730 g/mol. The van der Waals surface area contributed by atoms with Gasteiger partial charge < -0.3 is 0 Å². The Hall–Kier alpha value is -4.24. The molecule has 1 saturated carbocycles. The third-order valence-electron chi connectivity index (χ3n) is 11.0. The van der Waals surface area contributed by atoms with Crippen LogP contribution < -0.4 is 0 Å². The van der Waals surface area contributed by atoms with Crippen molar-refractivity contribution in [3.63, 3.8) is 0 Å². The van der Waals surface area contributed by atoms with Crippen LogP contribution in [0.2, 0.25) is 0 Å². The molecule has 0 atom stereocenters. The van der Waals surface area contributed by atoms with Crippen molar-refractivity contribution in [1.29, 1.82) is 0 Å². The third kappa shape index (κ3) is 6.18. The predicted octanol–water partition coefficient (Wildman–Crippen LogP) is 13.8. The van der Waals surface area contributed by atoms with E-state index >= 15 is 0 Å². The number of aromatic nitrogens is 2. The van der Waals surface area contributed by atoms with Crippen molar-refractivity contribution in [2.75, 3.05) is 0 Å². The van der Waals surface area contributed by atoms with Crippen molar-refractivity contribution in [2.45, 2.75) is 90.9 Å². The van der Waals surface area contributed by atoms with Crippen LogP contribution in [0.1, 0.15) is 80.2 Å². The van der Waals surface area contributed by atoms with Gasteiger partial charge in [-0.05, 0) is 126 Å². The quantitative estimate of drug-likeness (QED) is 0.169. The molecule has 1 aliphatic carbocycles. The molecule has 2 aromatic heterocycles. The van der Waals surface area contributed by atoms with Crippen LogP contribution in [0.15, 0.2) is 79.0 Å². The molecule has 6 aromatic rings. The van der Waals surface area contributed by atoms with Crippen LogP contribution in [-0.2, 0) is 5.41 Å². The van der Waals surface area contributed by atoms with Gasteiger partial charge in [0, 0.05) is 17.3 Å². The molecule has 2 heterocycles. The highest BCUT2D eigenvalue weighted by Crippen LogP contribution is 2.60. The number of nitrogens with zero attached hydrogens (tertiary/aromatic N) is 2. The standard InChI is InChI=1S/C43H40F6N2S/c1-24-19-28(27-13-16-41(17-14-27,42(44,45)46)43(47,48)49)11-12-32(24)30-20-25(2)36(26(3)21-30)39-51-35-15-18-50-37(38(35)52-39)31-22-29-9-7-8-10-33(29)34(23-31)40(4,5)6/h7-12,15,18-23,27H,13-14,16-17H2,1-6H3. The van der Waals surface area contributed by atoms with Gasteiger partial charge in [-0.15, -0.1) is 11.3 Å². The second kappa shape index (κ2) is 12.7. The Morgan fingerprint density at radius 1 is 0.731 bits per heavy atom. The van der Waals surface area contributed by atoms with Gasteiger partial charge in [-0.3, -0.25) is 4.98 Å². The number of halogens is 6. The molecule has 1 fully saturated rings. The van der Waals surface area contributed by atoms with E-state index in [4.69, 9.17) is 9.97 Å². The summed E-state index contributed by atoms with van der Waals surface area (Å²) in [4.78, 5) is 9.95. The molecule has 0 bridgehead atoms. The van der Waals surface area contributed by atoms with Gasteiger partial charge in [0.15, 0.2) is 5.41 Å². The average molecular weight is 731 g/mol. The lowest BCUT2D eigenvalue weighted by molar-refractivity contribution is -0.350. The number of pyridine rings is 1. The molecule has 2 nitrogen and oxygen atoms in total. The lowest BCUT2D eigenvalue weighted by Crippen LogP contribution is -2.51. The van der Waals surface area contributed by atoms with Crippen molar-refractivity contribution >= 4 is 32.3 Å². The molecular weight excluding hydrogens is 691 g/mol. The van der Waals surface area contributed by atoms with Gasteiger partial charge in [-0.1, -0.05) is 75.4 Å². The van der Waals surface area contributed by atoms with E-state index in [2.05, 4.69) is 83.1 Å². The number of hydrogen-bond donors (Lipinski definition) is 0. The molecule has 0 aliphatic heterocycles. The Kier molecular flexibility index (Phi) is 8.83. The smallest absolute Gasteiger partial charge is 0.255 e. The average Bonchev–Trinajstić information content (AvgIpc) is 3.50. The summed E-state index contributed by atoms with van der Waals surface area (Å²) in [5, 5.41) is 3.31. The largest absolute Gasteiger partial charge is 0.403 e. The van der Waals surface area contributed by atoms with Gasteiger partial charge >= 0.3 is 12.4 Å². The Morgan fingerprint density at radius 3 is 2.00 bits per heavy atom. The Balaban J connectivity index is 1.19. The molecule has 0 spiro atoms. The van der Waals surface area contributed by atoms with Gasteiger partial charge in [0.05, 0.1) is 15.9 Å². The summed E-state index contributed by atoms with van der Waals surface area (Å²) in [6.45, 7) is 12.7. The number of aryl methyl sites for hydroxylation is 3. The SMILES string of the molecule is Cc1cc(C2CCC(C(F)(F)F)(C(F)(F)F)CC2)ccc1-c1cc(C)c(-c2nc3ccnc(-c4cc(C(C)(C)C)c5ccccc5c4)c3s2)c(C)c1. The first kappa shape index (κ1) is 36.1. The number of thiazole rings is 1. The van der Waals surface area contributed by atoms with Gasteiger partial charge in [-0.2, -0.15) is 26.3 Å². The normalized spacial score (nSPS) is 15.8. The van der Waals surface area contributed by atoms with Crippen molar-refractivity contribution in [3.05, 3.63) is 107 Å². The zero-order valence-corrected chi connectivity index (χ0v) is 30.8. The van der Waals surface area contributed by atoms with E-state index in [0.717, 1.165) is 65.4 Å². The van der Waals surface area contributed by atoms with Crippen LogP contribution in [0.25, 0.3) is 53.9 Å². The second-order valence-electron chi connectivity index (χ2n) is 15.4. The first-order valence-corrected chi connectivity index (χ1v) is 18.3. The van der Waals surface area contributed by atoms with Crippen molar-refractivity contribution in [1.82, 2.24) is 9.97 Å². The van der Waals surface area contributed by atoms with Crippen molar-refractivity contribution in [3.8, 4) is 33.0 Å². The molecule has 1 aliphatic rings. The molecule has 9 heteroatoms. The molecular formula is C43H40F6N2S. The Bertz CT molecular complexity index is 2280. The maximum atomic E-state index is 13.6. The minimum Gasteiger partial charge on any atom is -0.255 e. The van der Waals surface area contributed by atoms with Crippen molar-refractivity contribution < 1.29 is 26.3 Å². The van der Waals surface area contributed by atoms with E-state index in [-0.39, 0.29) is 24.2 Å². The van der Waals surface area contributed by atoms with Gasteiger partial charge in [0.2, 0.25) is 0 Å². The number of alkyl halides is 6. The molecule has 0 N–H and O–H groups in total. The highest BCUT2D eigenvalue weighted by molar-refractivity contribution is 7.22. The fourth-order valence-corrected chi connectivity index (χ4v) is 9.38. The maximum absolute atomic E-state index is 13.6. The van der Waals surface area contributed by atoms with Gasteiger partial charge in [0.25, 0.3) is 0 Å². The van der Waals surface area contributed by atoms with Crippen molar-refractivity contribution in [2.24, 2.45) is 5.41 Å². The highest BCUT2D eigenvalue weighted by atomic mass is 32.1. The minimum absolute atomic E-state index is 0.0623. The third-order valence-corrected chi connectivity index (χ3v) is 12.0. The number of rotatable bonds is 4. The summed E-state index contributed by atoms with van der Waals surface area (Å²) >= 11 is 1.63. The second-order valence-corrected chi connectivity index (χ2v) is 16.4. The first-order chi connectivity index (χ1) is 24.4. The summed E-state index contributed by atoms with van der Waals surface area (Å²) in [5.74, 6) is -0.357. The van der Waals surface area contributed by atoms with Crippen LogP contribution in [0.4, 0.5) is 26.3 Å². The van der Waals surface area contributed by atoms with Gasteiger partial charge in [-0.25, -0.2) is 4.98 Å². The van der Waals surface area contributed by atoms with E-state index < -0.39 is 30.6 Å². The summed E-state index contributed by atoms with van der Waals surface area (Å²) in [7, 11) is 0. The highest BCUT2D eigenvalue weighted by Gasteiger charge is 2.70. The van der Waals surface area contributed by atoms with Gasteiger partial charge in [0.1, 0.15) is 5.01 Å². The summed E-state index contributed by atoms with van der Waals surface area (Å²) in [6.07, 6.45) is -11.1. The number of fused-ring (bicyclic) bond motifs is 2. The molecule has 0 radical (unpaired) electrons. The predicted molar refractivity (Wildman–Crippen MR) is 200 cm³/mol. The first-order valence-electron chi connectivity index (χ1n) is 17.5. The summed E-state index contributed by atoms with van der Waals surface area (Å²) in [5.41, 5.74) is 7.24. The fourth-order valence-electron chi connectivity index (χ4n) is 8.13. The fraction of sp³-hybridized carbons (Fsp3) is 0.349. The van der Waals surface area contributed by atoms with Crippen LogP contribution in [0, 0.1) is 26.2 Å². The summed E-state index contributed by atoms with van der Waals surface area (Å²) < 4.78 is 82.9. The van der Waals surface area contributed by atoms with E-state index in [0.29, 0.717) is 0 Å². The molecule has 52 heavy (non-hydrogen) atoms. The van der Waals surface area contributed by atoms with Crippen LogP contribution in [-0.4, -0.2) is 22.3 Å². The Labute approximate surface area is 304 Å². The number of hydrogen-bond acceptors (Lipinski definition) is 3. The molecule has 0 unspecified atom stereocenters. The molecule has 270 valence electrons. The topological polar surface area (TPSA) is 25.8 Å². The lowest BCUT2D eigenvalue weighted by Gasteiger charge is -2.42. The maximum Gasteiger partial charge on any atom is 0.403 e. The minimum atomic E-state index is -5.32.